The second-order valence-corrected chi connectivity index (χ2v) is 13.6. The number of ketones is 1. The lowest BCUT2D eigenvalue weighted by Crippen LogP contribution is -2.31. The summed E-state index contributed by atoms with van der Waals surface area (Å²) in [5.41, 5.74) is 1.68. The topological polar surface area (TPSA) is 63.2 Å². The lowest BCUT2D eigenvalue weighted by molar-refractivity contribution is -0.112. The van der Waals surface area contributed by atoms with Crippen LogP contribution in [0.5, 0.6) is 0 Å². The van der Waals surface area contributed by atoms with Crippen molar-refractivity contribution in [2.75, 3.05) is 19.3 Å². The molecule has 0 aromatic rings. The number of carbonyl (C=O) groups excluding carboxylic acids is 1. The molecule has 0 spiro atoms. The summed E-state index contributed by atoms with van der Waals surface area (Å²) in [7, 11) is -3.37. The molecule has 0 saturated carbocycles. The van der Waals surface area contributed by atoms with Crippen LogP contribution in [0.2, 0.25) is 0 Å². The zero-order chi connectivity index (χ0) is 28.9. The lowest BCUT2D eigenvalue weighted by atomic mass is 9.80. The second kappa shape index (κ2) is 16.3. The van der Waals surface area contributed by atoms with Crippen molar-refractivity contribution in [2.24, 2.45) is 17.3 Å². The zero-order valence-corrected chi connectivity index (χ0v) is 26.2. The molecule has 37 heavy (non-hydrogen) atoms. The Morgan fingerprint density at radius 2 is 1.68 bits per heavy atom. The van der Waals surface area contributed by atoms with Crippen molar-refractivity contribution in [3.05, 3.63) is 59.8 Å². The fourth-order valence-corrected chi connectivity index (χ4v) is 4.29. The van der Waals surface area contributed by atoms with Crippen LogP contribution in [0.1, 0.15) is 94.4 Å². The predicted molar refractivity (Wildman–Crippen MR) is 163 cm³/mol. The number of rotatable bonds is 13. The van der Waals surface area contributed by atoms with Gasteiger partial charge in [0.15, 0.2) is 15.6 Å². The first-order chi connectivity index (χ1) is 17.1. The summed E-state index contributed by atoms with van der Waals surface area (Å²) in [5, 5.41) is 3.40. The third-order valence-electron chi connectivity index (χ3n) is 7.44. The van der Waals surface area contributed by atoms with E-state index in [0.717, 1.165) is 24.3 Å². The van der Waals surface area contributed by atoms with E-state index >= 15 is 0 Å². The highest BCUT2D eigenvalue weighted by molar-refractivity contribution is 7.92. The van der Waals surface area contributed by atoms with Crippen molar-refractivity contribution < 1.29 is 13.2 Å². The smallest absolute Gasteiger partial charge is 0.188 e. The van der Waals surface area contributed by atoms with Crippen LogP contribution in [0.3, 0.4) is 0 Å². The number of sulfone groups is 1. The summed E-state index contributed by atoms with van der Waals surface area (Å²) >= 11 is 0. The molecule has 1 N–H and O–H groups in total. The molecule has 212 valence electrons. The maximum absolute atomic E-state index is 13.4. The minimum Gasteiger partial charge on any atom is -0.317 e. The van der Waals surface area contributed by atoms with Crippen LogP contribution < -0.4 is 5.32 Å². The van der Waals surface area contributed by atoms with Gasteiger partial charge in [0.1, 0.15) is 4.75 Å². The molecule has 1 aliphatic carbocycles. The first-order valence-corrected chi connectivity index (χ1v) is 15.9. The molecule has 0 aliphatic heterocycles. The van der Waals surface area contributed by atoms with Gasteiger partial charge >= 0.3 is 0 Å². The summed E-state index contributed by atoms with van der Waals surface area (Å²) in [5.74, 6) is 0.928. The Morgan fingerprint density at radius 1 is 1.05 bits per heavy atom. The number of nitrogens with one attached hydrogen (secondary N) is 1. The van der Waals surface area contributed by atoms with Gasteiger partial charge in [-0.3, -0.25) is 4.79 Å². The monoisotopic (exact) mass is 533 g/mol. The van der Waals surface area contributed by atoms with E-state index in [1.54, 1.807) is 25.2 Å². The van der Waals surface area contributed by atoms with Crippen molar-refractivity contribution in [3.63, 3.8) is 0 Å². The maximum atomic E-state index is 13.4. The van der Waals surface area contributed by atoms with Crippen LogP contribution in [0.25, 0.3) is 0 Å². The number of hydrogen-bond acceptors (Lipinski definition) is 4. The Hall–Kier alpha value is -1.72. The fourth-order valence-electron chi connectivity index (χ4n) is 3.66. The first-order valence-electron chi connectivity index (χ1n) is 14.0. The van der Waals surface area contributed by atoms with Gasteiger partial charge in [0, 0.05) is 22.8 Å². The van der Waals surface area contributed by atoms with Crippen molar-refractivity contribution in [3.8, 4) is 0 Å². The molecule has 0 amide bonds. The lowest BCUT2D eigenvalue weighted by Gasteiger charge is -2.28. The van der Waals surface area contributed by atoms with Crippen LogP contribution in [0.4, 0.5) is 0 Å². The van der Waals surface area contributed by atoms with Crippen LogP contribution in [-0.2, 0) is 14.6 Å². The van der Waals surface area contributed by atoms with E-state index in [1.165, 1.54) is 38.6 Å². The molecule has 0 aromatic heterocycles. The third-order valence-corrected chi connectivity index (χ3v) is 9.31. The summed E-state index contributed by atoms with van der Waals surface area (Å²) in [6.07, 6.45) is 17.5. The van der Waals surface area contributed by atoms with Crippen molar-refractivity contribution >= 4 is 15.6 Å². The molecule has 0 heterocycles. The molecule has 0 bridgehead atoms. The van der Waals surface area contributed by atoms with Gasteiger partial charge in [-0.05, 0) is 64.5 Å². The molecule has 0 fully saturated rings. The molecule has 0 saturated heterocycles. The average Bonchev–Trinajstić information content (AvgIpc) is 2.84. The highest BCUT2D eigenvalue weighted by Gasteiger charge is 2.33. The minimum absolute atomic E-state index is 0.0607. The Balaban J connectivity index is 0.00000109. The molecular formula is C32H55NO3S. The molecule has 5 heteroatoms. The third kappa shape index (κ3) is 12.1. The molecule has 1 rings (SSSR count). The van der Waals surface area contributed by atoms with Gasteiger partial charge in [0.2, 0.25) is 0 Å². The Bertz CT molecular complexity index is 970. The van der Waals surface area contributed by atoms with E-state index in [9.17, 15) is 13.2 Å². The van der Waals surface area contributed by atoms with Crippen LogP contribution in [0.15, 0.2) is 59.8 Å². The Kier molecular flexibility index (Phi) is 15.5. The summed E-state index contributed by atoms with van der Waals surface area (Å²) in [6, 6.07) is 0. The molecule has 4 unspecified atom stereocenters. The second-order valence-electron chi connectivity index (χ2n) is 11.2. The van der Waals surface area contributed by atoms with E-state index in [0.29, 0.717) is 11.1 Å². The Labute approximate surface area is 229 Å². The van der Waals surface area contributed by atoms with Crippen molar-refractivity contribution in [2.45, 2.75) is 99.2 Å². The zero-order valence-electron chi connectivity index (χ0n) is 25.4. The quantitative estimate of drug-likeness (QED) is 0.114. The Morgan fingerprint density at radius 3 is 2.14 bits per heavy atom. The number of allylic oxidation sites excluding steroid dienone is 7. The first kappa shape index (κ1) is 35.3. The highest BCUT2D eigenvalue weighted by atomic mass is 32.2. The summed E-state index contributed by atoms with van der Waals surface area (Å²) < 4.78 is 23.6. The van der Waals surface area contributed by atoms with Gasteiger partial charge in [0.05, 0.1) is 0 Å². The maximum Gasteiger partial charge on any atom is 0.188 e. The fraction of sp³-hybridized carbons (Fsp3) is 0.656. The normalized spacial score (nSPS) is 26.9. The SMILES string of the molecule is C=C(C)/C=C(/C(=O)C1=C/C(C)(CC)/C=C\C(C)(S(C)(=O)=O)/C=C\1)C(C)CC.CCCNCCC(C)CC. The van der Waals surface area contributed by atoms with Gasteiger partial charge < -0.3 is 5.32 Å². The molecular weight excluding hydrogens is 478 g/mol. The highest BCUT2D eigenvalue weighted by Crippen LogP contribution is 2.34. The van der Waals surface area contributed by atoms with Gasteiger partial charge in [-0.2, -0.15) is 0 Å². The largest absolute Gasteiger partial charge is 0.317 e. The van der Waals surface area contributed by atoms with Crippen LogP contribution >= 0.6 is 0 Å². The van der Waals surface area contributed by atoms with Crippen LogP contribution in [0, 0.1) is 17.3 Å². The van der Waals surface area contributed by atoms with E-state index < -0.39 is 20.0 Å². The van der Waals surface area contributed by atoms with Gasteiger partial charge in [-0.25, -0.2) is 8.42 Å². The molecule has 0 radical (unpaired) electrons. The molecule has 4 nitrogen and oxygen atoms in total. The van der Waals surface area contributed by atoms with Gasteiger partial charge in [-0.1, -0.05) is 103 Å². The number of carbonyl (C=O) groups is 1. The summed E-state index contributed by atoms with van der Waals surface area (Å²) in [6.45, 7) is 24.7. The minimum atomic E-state index is -3.37. The molecule has 0 aromatic carbocycles. The number of hydrogen-bond donors (Lipinski definition) is 1. The van der Waals surface area contributed by atoms with Gasteiger partial charge in [0.25, 0.3) is 0 Å². The average molecular weight is 534 g/mol. The van der Waals surface area contributed by atoms with Crippen molar-refractivity contribution in [1.82, 2.24) is 5.32 Å². The van der Waals surface area contributed by atoms with E-state index in [1.807, 2.05) is 52.8 Å². The summed E-state index contributed by atoms with van der Waals surface area (Å²) in [4.78, 5) is 13.4. The molecule has 4 atom stereocenters. The number of Topliss-reactive ketones (excluding diaryl/α,β-unsaturated/α-hetero) is 1. The van der Waals surface area contributed by atoms with E-state index in [-0.39, 0.29) is 11.7 Å². The van der Waals surface area contributed by atoms with Gasteiger partial charge in [-0.15, -0.1) is 0 Å². The predicted octanol–water partition coefficient (Wildman–Crippen LogP) is 7.80. The molecule has 1 aliphatic rings. The van der Waals surface area contributed by atoms with Crippen LogP contribution in [-0.4, -0.2) is 38.3 Å². The van der Waals surface area contributed by atoms with Crippen molar-refractivity contribution in [1.29, 1.82) is 0 Å². The standard InChI is InChI=1S/C23H34O3S.C9H21N/c1-9-18(5)20(15-17(3)4)21(24)19-11-12-23(7,27(8,25)26)14-13-22(6,10-2)16-19;1-4-7-10-8-6-9(3)5-2/h11-16,18H,3,9-10H2,1-2,4-8H3;9-10H,4-8H2,1-3H3/b12-11-,14-13-,19-16+,20-15+;. The van der Waals surface area contributed by atoms with E-state index in [4.69, 9.17) is 0 Å². The van der Waals surface area contributed by atoms with E-state index in [2.05, 4.69) is 32.7 Å².